The van der Waals surface area contributed by atoms with Crippen molar-refractivity contribution in [3.63, 3.8) is 0 Å². The van der Waals surface area contributed by atoms with Gasteiger partial charge in [-0.3, -0.25) is 4.79 Å². The first kappa shape index (κ1) is 11.7. The second-order valence-corrected chi connectivity index (χ2v) is 4.14. The Hall–Kier alpha value is -1.78. The molecule has 0 aliphatic carbocycles. The van der Waals surface area contributed by atoms with E-state index in [0.29, 0.717) is 18.7 Å². The molecular weight excluding hydrogens is 222 g/mol. The molecular formula is C12H15NO4. The van der Waals surface area contributed by atoms with Crippen molar-refractivity contribution < 1.29 is 14.6 Å². The summed E-state index contributed by atoms with van der Waals surface area (Å²) in [4.78, 5) is 23.1. The summed E-state index contributed by atoms with van der Waals surface area (Å²) in [5.41, 5.74) is 0.553. The maximum Gasteiger partial charge on any atom is 0.341 e. The molecule has 0 saturated heterocycles. The molecule has 0 bridgehead atoms. The molecule has 0 saturated carbocycles. The van der Waals surface area contributed by atoms with Crippen molar-refractivity contribution in [2.45, 2.75) is 32.2 Å². The van der Waals surface area contributed by atoms with Gasteiger partial charge in [0.15, 0.2) is 0 Å². The van der Waals surface area contributed by atoms with Gasteiger partial charge in [0, 0.05) is 18.3 Å². The Morgan fingerprint density at radius 3 is 2.82 bits per heavy atom. The number of ether oxygens (including phenoxy) is 1. The molecule has 2 heterocycles. The lowest BCUT2D eigenvalue weighted by Crippen LogP contribution is -2.25. The van der Waals surface area contributed by atoms with Crippen LogP contribution in [0.3, 0.4) is 0 Å². The molecule has 0 spiro atoms. The van der Waals surface area contributed by atoms with Crippen LogP contribution in [0.2, 0.25) is 0 Å². The van der Waals surface area contributed by atoms with Crippen LogP contribution < -0.4 is 10.3 Å². The van der Waals surface area contributed by atoms with E-state index in [4.69, 9.17) is 4.74 Å². The Labute approximate surface area is 98.6 Å². The number of aromatic carboxylic acids is 1. The first-order valence-corrected chi connectivity index (χ1v) is 5.69. The highest BCUT2D eigenvalue weighted by atomic mass is 16.5. The van der Waals surface area contributed by atoms with E-state index in [1.165, 1.54) is 13.2 Å². The average Bonchev–Trinajstić information content (AvgIpc) is 2.53. The van der Waals surface area contributed by atoms with Gasteiger partial charge in [-0.2, -0.15) is 0 Å². The molecule has 0 fully saturated rings. The molecule has 1 N–H and O–H groups in total. The highest BCUT2D eigenvalue weighted by molar-refractivity contribution is 5.92. The molecule has 1 aliphatic rings. The lowest BCUT2D eigenvalue weighted by molar-refractivity contribution is 0.0690. The zero-order chi connectivity index (χ0) is 12.4. The third kappa shape index (κ3) is 2.05. The fourth-order valence-corrected chi connectivity index (χ4v) is 2.31. The number of carboxylic acids is 1. The van der Waals surface area contributed by atoms with E-state index in [1.54, 1.807) is 4.57 Å². The Balaban J connectivity index is 2.71. The van der Waals surface area contributed by atoms with E-state index in [0.717, 1.165) is 19.3 Å². The number of hydrogen-bond acceptors (Lipinski definition) is 3. The Morgan fingerprint density at radius 1 is 1.41 bits per heavy atom. The Bertz CT molecular complexity index is 504. The number of aromatic nitrogens is 1. The minimum absolute atomic E-state index is 0.133. The first-order chi connectivity index (χ1) is 8.15. The summed E-state index contributed by atoms with van der Waals surface area (Å²) < 4.78 is 6.57. The van der Waals surface area contributed by atoms with Crippen LogP contribution in [-0.2, 0) is 13.0 Å². The van der Waals surface area contributed by atoms with E-state index < -0.39 is 5.97 Å². The number of fused-ring (bicyclic) bond motifs is 1. The van der Waals surface area contributed by atoms with Crippen LogP contribution in [-0.4, -0.2) is 22.8 Å². The van der Waals surface area contributed by atoms with Gasteiger partial charge < -0.3 is 14.4 Å². The van der Waals surface area contributed by atoms with Crippen molar-refractivity contribution >= 4 is 5.97 Å². The number of methoxy groups -OCH3 is 1. The third-order valence-electron chi connectivity index (χ3n) is 3.11. The van der Waals surface area contributed by atoms with Crippen LogP contribution in [0, 0.1) is 0 Å². The van der Waals surface area contributed by atoms with Gasteiger partial charge in [-0.15, -0.1) is 0 Å². The molecule has 0 radical (unpaired) electrons. The van der Waals surface area contributed by atoms with Gasteiger partial charge in [0.25, 0.3) is 5.56 Å². The molecule has 0 amide bonds. The summed E-state index contributed by atoms with van der Waals surface area (Å²) in [5, 5.41) is 9.24. The van der Waals surface area contributed by atoms with Crippen molar-refractivity contribution in [1.82, 2.24) is 4.57 Å². The number of carboxylic acid groups (broad SMARTS) is 1. The van der Waals surface area contributed by atoms with Crippen LogP contribution in [0.15, 0.2) is 10.9 Å². The largest absolute Gasteiger partial charge is 0.496 e. The van der Waals surface area contributed by atoms with Crippen LogP contribution in [0.5, 0.6) is 5.75 Å². The zero-order valence-corrected chi connectivity index (χ0v) is 9.73. The van der Waals surface area contributed by atoms with Gasteiger partial charge in [-0.05, 0) is 19.3 Å². The number of carbonyl (C=O) groups is 1. The zero-order valence-electron chi connectivity index (χ0n) is 9.73. The van der Waals surface area contributed by atoms with Crippen LogP contribution in [0.4, 0.5) is 0 Å². The summed E-state index contributed by atoms with van der Waals surface area (Å²) in [6.07, 6.45) is 3.46. The first-order valence-electron chi connectivity index (χ1n) is 5.69. The molecule has 5 nitrogen and oxygen atoms in total. The van der Waals surface area contributed by atoms with Gasteiger partial charge >= 0.3 is 5.97 Å². The molecule has 1 aliphatic heterocycles. The Kier molecular flexibility index (Phi) is 3.17. The summed E-state index contributed by atoms with van der Waals surface area (Å²) >= 11 is 0. The molecule has 1 aromatic heterocycles. The summed E-state index contributed by atoms with van der Waals surface area (Å²) in [7, 11) is 1.38. The maximum absolute atomic E-state index is 11.9. The van der Waals surface area contributed by atoms with Crippen molar-refractivity contribution in [2.24, 2.45) is 0 Å². The quantitative estimate of drug-likeness (QED) is 0.841. The molecule has 17 heavy (non-hydrogen) atoms. The van der Waals surface area contributed by atoms with Gasteiger partial charge in [0.2, 0.25) is 0 Å². The van der Waals surface area contributed by atoms with Crippen molar-refractivity contribution in [2.75, 3.05) is 7.11 Å². The molecule has 0 aromatic carbocycles. The summed E-state index contributed by atoms with van der Waals surface area (Å²) in [5.74, 6) is -0.872. The standard InChI is InChI=1S/C12H15NO4/c1-17-9-7-10(14)13-6-4-2-3-5-8(13)11(9)12(15)16/h7H,2-6H2,1H3,(H,15,16). The minimum Gasteiger partial charge on any atom is -0.496 e. The second kappa shape index (κ2) is 4.61. The second-order valence-electron chi connectivity index (χ2n) is 4.14. The number of pyridine rings is 1. The van der Waals surface area contributed by atoms with Crippen molar-refractivity contribution in [3.05, 3.63) is 27.7 Å². The highest BCUT2D eigenvalue weighted by Crippen LogP contribution is 2.24. The van der Waals surface area contributed by atoms with Gasteiger partial charge in [0.1, 0.15) is 11.3 Å². The van der Waals surface area contributed by atoms with E-state index >= 15 is 0 Å². The topological polar surface area (TPSA) is 68.5 Å². The van der Waals surface area contributed by atoms with Crippen molar-refractivity contribution in [3.8, 4) is 5.75 Å². The fraction of sp³-hybridized carbons (Fsp3) is 0.500. The van der Waals surface area contributed by atoms with E-state index in [1.807, 2.05) is 0 Å². The predicted molar refractivity (Wildman–Crippen MR) is 61.8 cm³/mol. The molecule has 92 valence electrons. The van der Waals surface area contributed by atoms with Gasteiger partial charge in [-0.1, -0.05) is 6.42 Å². The summed E-state index contributed by atoms with van der Waals surface area (Å²) in [6.45, 7) is 0.596. The normalized spacial score (nSPS) is 14.9. The van der Waals surface area contributed by atoms with Crippen LogP contribution in [0.1, 0.15) is 35.3 Å². The lowest BCUT2D eigenvalue weighted by atomic mass is 10.1. The van der Waals surface area contributed by atoms with Crippen molar-refractivity contribution in [1.29, 1.82) is 0 Å². The van der Waals surface area contributed by atoms with Gasteiger partial charge in [0.05, 0.1) is 7.11 Å². The molecule has 0 unspecified atom stereocenters. The highest BCUT2D eigenvalue weighted by Gasteiger charge is 2.22. The monoisotopic (exact) mass is 237 g/mol. The molecule has 1 aromatic rings. The maximum atomic E-state index is 11.9. The molecule has 2 rings (SSSR count). The summed E-state index contributed by atoms with van der Waals surface area (Å²) in [6, 6.07) is 1.26. The van der Waals surface area contributed by atoms with E-state index in [-0.39, 0.29) is 16.9 Å². The third-order valence-corrected chi connectivity index (χ3v) is 3.11. The van der Waals surface area contributed by atoms with Gasteiger partial charge in [-0.25, -0.2) is 4.79 Å². The van der Waals surface area contributed by atoms with E-state index in [2.05, 4.69) is 0 Å². The Morgan fingerprint density at radius 2 is 2.18 bits per heavy atom. The smallest absolute Gasteiger partial charge is 0.341 e. The van der Waals surface area contributed by atoms with Crippen LogP contribution in [0.25, 0.3) is 0 Å². The predicted octanol–water partition coefficient (Wildman–Crippen LogP) is 1.28. The van der Waals surface area contributed by atoms with E-state index in [9.17, 15) is 14.7 Å². The molecule has 5 heteroatoms. The SMILES string of the molecule is COc1cc(=O)n2c(c1C(=O)O)CCCCC2. The number of hydrogen-bond donors (Lipinski definition) is 1. The molecule has 0 atom stereocenters. The number of nitrogens with zero attached hydrogens (tertiary/aromatic N) is 1. The number of rotatable bonds is 2. The average molecular weight is 237 g/mol. The fourth-order valence-electron chi connectivity index (χ4n) is 2.31. The van der Waals surface area contributed by atoms with Crippen LogP contribution >= 0.6 is 0 Å². The lowest BCUT2D eigenvalue weighted by Gasteiger charge is -2.14. The minimum atomic E-state index is -1.03.